The highest BCUT2D eigenvalue weighted by molar-refractivity contribution is 5.95. The third-order valence-corrected chi connectivity index (χ3v) is 16.4. The van der Waals surface area contributed by atoms with Crippen LogP contribution in [0.1, 0.15) is 236 Å². The van der Waals surface area contributed by atoms with Crippen LogP contribution < -0.4 is 0 Å². The number of H-pyrrole nitrogens is 2. The van der Waals surface area contributed by atoms with Gasteiger partial charge in [-0.2, -0.15) is 0 Å². The van der Waals surface area contributed by atoms with Gasteiger partial charge in [0, 0.05) is 39.5 Å². The Kier molecular flexibility index (Phi) is 11.6. The van der Waals surface area contributed by atoms with E-state index in [1.165, 1.54) is 224 Å². The second-order valence-corrected chi connectivity index (χ2v) is 20.6. The molecule has 0 saturated heterocycles. The van der Waals surface area contributed by atoms with Gasteiger partial charge >= 0.3 is 0 Å². The summed E-state index contributed by atoms with van der Waals surface area (Å²) in [4.78, 5) is 19.7. The van der Waals surface area contributed by atoms with Crippen LogP contribution in [0, 0.1) is 41.4 Å². The Morgan fingerprint density at radius 3 is 1.52 bits per heavy atom. The van der Waals surface area contributed by atoms with E-state index in [-0.39, 0.29) is 0 Å². The van der Waals surface area contributed by atoms with Crippen LogP contribution in [0.2, 0.25) is 0 Å². The van der Waals surface area contributed by atoms with Gasteiger partial charge in [0.25, 0.3) is 0 Å². The number of fused-ring (bicyclic) bond motifs is 8. The Morgan fingerprint density at radius 1 is 0.410 bits per heavy atom. The lowest BCUT2D eigenvalue weighted by Crippen LogP contribution is -2.03. The first-order valence-electron chi connectivity index (χ1n) is 25.5. The summed E-state index contributed by atoms with van der Waals surface area (Å²) in [7, 11) is 0. The lowest BCUT2D eigenvalue weighted by molar-refractivity contribution is 0.430. The van der Waals surface area contributed by atoms with Gasteiger partial charge < -0.3 is 9.97 Å². The summed E-state index contributed by atoms with van der Waals surface area (Å²) in [5.41, 5.74) is 17.4. The van der Waals surface area contributed by atoms with E-state index >= 15 is 0 Å². The zero-order valence-corrected chi connectivity index (χ0v) is 36.9. The highest BCUT2D eigenvalue weighted by Gasteiger charge is 2.30. The maximum absolute atomic E-state index is 5.79. The molecule has 6 saturated carbocycles. The van der Waals surface area contributed by atoms with Crippen LogP contribution in [0.25, 0.3) is 45.4 Å². The van der Waals surface area contributed by atoms with Crippen LogP contribution in [-0.2, 0) is 0 Å². The van der Waals surface area contributed by atoms with Crippen LogP contribution in [0.4, 0.5) is 0 Å². The predicted molar refractivity (Wildman–Crippen MR) is 255 cm³/mol. The molecular formula is C57H68N4. The van der Waals surface area contributed by atoms with E-state index in [0.29, 0.717) is 35.5 Å². The van der Waals surface area contributed by atoms with Gasteiger partial charge in [0.05, 0.1) is 39.4 Å². The van der Waals surface area contributed by atoms with Crippen molar-refractivity contribution in [2.24, 2.45) is 17.8 Å². The van der Waals surface area contributed by atoms with E-state index < -0.39 is 0 Å². The standard InChI is InChI=1S/C57H68N4/c1-4-16-38(17-5-1)28-30-44-32-52-56(42-24-12-13-25-42)54-34-46(40-20-8-3-9-21-40)50(60-54)37-51-47(41-22-10-11-23-41)35-55(61-51)57(43-26-14-15-27-43)53-33-45(49(59-53)36-48(44)58-52)31-29-39-18-6-2-7-19-39/h32-43,59-60H,1-27H2. The van der Waals surface area contributed by atoms with Crippen molar-refractivity contribution in [1.29, 1.82) is 0 Å². The largest absolute Gasteiger partial charge is 0.355 e. The number of allylic oxidation sites excluding steroid dienone is 2. The number of nitrogens with one attached hydrogen (secondary N) is 2. The first kappa shape index (κ1) is 39.6. The van der Waals surface area contributed by atoms with Crippen molar-refractivity contribution in [1.82, 2.24) is 19.9 Å². The molecule has 0 unspecified atom stereocenters. The Balaban J connectivity index is 1.22. The normalized spacial score (nSPS) is 22.5. The van der Waals surface area contributed by atoms with Crippen LogP contribution in [0.15, 0.2) is 24.3 Å². The van der Waals surface area contributed by atoms with Gasteiger partial charge in [-0.15, -0.1) is 0 Å². The fourth-order valence-electron chi connectivity index (χ4n) is 13.1. The molecule has 11 rings (SSSR count). The van der Waals surface area contributed by atoms with Crippen molar-refractivity contribution < 1.29 is 0 Å². The van der Waals surface area contributed by atoms with Gasteiger partial charge in [0.1, 0.15) is 0 Å². The molecule has 8 aliphatic rings. The van der Waals surface area contributed by atoms with Crippen molar-refractivity contribution >= 4 is 45.4 Å². The van der Waals surface area contributed by atoms with Crippen molar-refractivity contribution in [3.63, 3.8) is 0 Å². The molecule has 6 aliphatic carbocycles. The van der Waals surface area contributed by atoms with E-state index in [9.17, 15) is 0 Å². The molecule has 5 heterocycles. The van der Waals surface area contributed by atoms with E-state index in [2.05, 4.69) is 70.1 Å². The summed E-state index contributed by atoms with van der Waals surface area (Å²) < 4.78 is 0. The fraction of sp³-hybridized carbons (Fsp3) is 0.579. The molecule has 0 radical (unpaired) electrons. The number of hydrogen-bond donors (Lipinski definition) is 2. The zero-order chi connectivity index (χ0) is 40.5. The molecule has 316 valence electrons. The topological polar surface area (TPSA) is 57.4 Å². The van der Waals surface area contributed by atoms with Crippen molar-refractivity contribution in [2.45, 2.75) is 191 Å². The lowest BCUT2D eigenvalue weighted by Gasteiger charge is -2.21. The number of rotatable bonds is 4. The Bertz CT molecular complexity index is 2460. The number of aromatic nitrogens is 4. The van der Waals surface area contributed by atoms with E-state index in [4.69, 9.17) is 9.97 Å². The predicted octanol–water partition coefficient (Wildman–Crippen LogP) is 15.5. The lowest BCUT2D eigenvalue weighted by atomic mass is 9.84. The second-order valence-electron chi connectivity index (χ2n) is 20.6. The zero-order valence-electron chi connectivity index (χ0n) is 36.9. The average Bonchev–Trinajstić information content (AvgIpc) is 4.15. The number of hydrogen-bond acceptors (Lipinski definition) is 2. The molecule has 0 aromatic carbocycles. The maximum Gasteiger partial charge on any atom is 0.0815 e. The minimum absolute atomic E-state index is 0.479. The summed E-state index contributed by atoms with van der Waals surface area (Å²) in [6.07, 6.45) is 39.5. The SMILES string of the molecule is C(#CC1CCCCC1)C1=Cc2nc1cc1[nH]c(cc1C#CC1CCCCC1)c(C1CCCC1)c1nc(cc3[nH]c(cc3C3CCCCC3)c2C2CCCC2)C(C2CCCC2)=C1. The molecule has 8 bridgehead atoms. The first-order chi connectivity index (χ1) is 30.2. The van der Waals surface area contributed by atoms with Crippen molar-refractivity contribution in [3.8, 4) is 23.7 Å². The minimum Gasteiger partial charge on any atom is -0.355 e. The molecule has 2 aliphatic heterocycles. The van der Waals surface area contributed by atoms with Gasteiger partial charge in [0.2, 0.25) is 0 Å². The Morgan fingerprint density at radius 2 is 0.885 bits per heavy atom. The first-order valence-corrected chi connectivity index (χ1v) is 25.5. The highest BCUT2D eigenvalue weighted by Crippen LogP contribution is 2.46. The molecule has 3 aromatic heterocycles. The summed E-state index contributed by atoms with van der Waals surface area (Å²) in [5.74, 6) is 18.3. The van der Waals surface area contributed by atoms with Crippen LogP contribution in [0.5, 0.6) is 0 Å². The third kappa shape index (κ3) is 8.36. The highest BCUT2D eigenvalue weighted by atomic mass is 14.8. The van der Waals surface area contributed by atoms with E-state index in [1.54, 1.807) is 0 Å². The Labute approximate surface area is 365 Å². The molecule has 61 heavy (non-hydrogen) atoms. The van der Waals surface area contributed by atoms with Crippen molar-refractivity contribution in [3.05, 3.63) is 69.3 Å². The third-order valence-electron chi connectivity index (χ3n) is 16.4. The average molecular weight is 809 g/mol. The molecule has 0 spiro atoms. The number of aromatic amines is 2. The van der Waals surface area contributed by atoms with Gasteiger partial charge in [-0.25, -0.2) is 9.97 Å². The summed E-state index contributed by atoms with van der Waals surface area (Å²) in [6, 6.07) is 9.84. The van der Waals surface area contributed by atoms with Gasteiger partial charge in [-0.05, 0) is 148 Å². The fourth-order valence-corrected chi connectivity index (χ4v) is 13.1. The molecule has 6 fully saturated rings. The summed E-state index contributed by atoms with van der Waals surface area (Å²) >= 11 is 0. The van der Waals surface area contributed by atoms with Gasteiger partial charge in [-0.1, -0.05) is 120 Å². The minimum atomic E-state index is 0.479. The molecular weight excluding hydrogens is 741 g/mol. The van der Waals surface area contributed by atoms with Crippen LogP contribution in [0.3, 0.4) is 0 Å². The monoisotopic (exact) mass is 809 g/mol. The molecule has 0 atom stereocenters. The van der Waals surface area contributed by atoms with Crippen LogP contribution >= 0.6 is 0 Å². The Hall–Kier alpha value is -4.28. The summed E-state index contributed by atoms with van der Waals surface area (Å²) in [5, 5.41) is 0. The summed E-state index contributed by atoms with van der Waals surface area (Å²) in [6.45, 7) is 0. The van der Waals surface area contributed by atoms with E-state index in [0.717, 1.165) is 28.0 Å². The van der Waals surface area contributed by atoms with Crippen LogP contribution in [-0.4, -0.2) is 19.9 Å². The smallest absolute Gasteiger partial charge is 0.0815 e. The van der Waals surface area contributed by atoms with Gasteiger partial charge in [-0.3, -0.25) is 0 Å². The quantitative estimate of drug-likeness (QED) is 0.258. The molecule has 2 N–H and O–H groups in total. The van der Waals surface area contributed by atoms with Gasteiger partial charge in [0.15, 0.2) is 0 Å². The second kappa shape index (κ2) is 17.8. The molecule has 4 nitrogen and oxygen atoms in total. The van der Waals surface area contributed by atoms with Crippen molar-refractivity contribution in [2.75, 3.05) is 0 Å². The maximum atomic E-state index is 5.79. The molecule has 0 amide bonds. The molecule has 3 aromatic rings. The molecule has 4 heteroatoms. The number of nitrogens with zero attached hydrogens (tertiary/aromatic N) is 2. The van der Waals surface area contributed by atoms with E-state index in [1.807, 2.05) is 0 Å².